The van der Waals surface area contributed by atoms with Crippen molar-refractivity contribution in [3.8, 4) is 0 Å². The number of halogens is 1. The Labute approximate surface area is 169 Å². The van der Waals surface area contributed by atoms with E-state index in [1.165, 1.54) is 6.42 Å². The maximum atomic E-state index is 11.5. The van der Waals surface area contributed by atoms with Gasteiger partial charge in [-0.25, -0.2) is 9.36 Å². The summed E-state index contributed by atoms with van der Waals surface area (Å²) in [6, 6.07) is -0.247. The van der Waals surface area contributed by atoms with E-state index in [4.69, 9.17) is 27.1 Å². The highest BCUT2D eigenvalue weighted by atomic mass is 35.5. The topological polar surface area (TPSA) is 157 Å². The normalized spacial score (nSPS) is 14.8. The van der Waals surface area contributed by atoms with Gasteiger partial charge in [0.1, 0.15) is 0 Å². The van der Waals surface area contributed by atoms with Crippen molar-refractivity contribution in [2.75, 3.05) is 37.8 Å². The van der Waals surface area contributed by atoms with Gasteiger partial charge in [-0.1, -0.05) is 19.3 Å². The number of carbonyl (C=O) groups excluding carboxylic acids is 1. The van der Waals surface area contributed by atoms with Crippen LogP contribution in [0.3, 0.4) is 0 Å². The summed E-state index contributed by atoms with van der Waals surface area (Å²) < 4.78 is 10.3. The van der Waals surface area contributed by atoms with E-state index >= 15 is 0 Å². The molecule has 6 N–H and O–H groups in total. The highest BCUT2D eigenvalue weighted by Crippen LogP contribution is 2.49. The number of hydrogen-bond donors (Lipinski definition) is 5. The molecule has 1 fully saturated rings. The molecule has 1 saturated carbocycles. The molecular weight excluding hydrogens is 417 g/mol. The van der Waals surface area contributed by atoms with E-state index in [9.17, 15) is 14.3 Å². The standard InChI is InChI=1S/C9H16ClN3O2.C5H15N2O3PS/c10-6-7-13(12-15)9(14)11-8-4-2-1-3-5-8;6-2-1-3-7-4-5-12-11(8,9)10/h8H,1-7H2,(H,11,14);7H,1-6H2,(H2,8,9,10). The molecule has 1 rings (SSSR count). The SMILES string of the molecule is NCCCNCCSP(=O)(O)O.O=NN(CCCl)C(=O)NC1CCCCC1. The smallest absolute Gasteiger partial charge is 0.334 e. The molecule has 0 unspecified atom stereocenters. The molecule has 0 aromatic heterocycles. The van der Waals surface area contributed by atoms with Gasteiger partial charge in [0.15, 0.2) is 0 Å². The third kappa shape index (κ3) is 16.3. The van der Waals surface area contributed by atoms with Gasteiger partial charge in [0.2, 0.25) is 0 Å². The van der Waals surface area contributed by atoms with Gasteiger partial charge in [0.05, 0.1) is 11.8 Å². The van der Waals surface area contributed by atoms with Crippen LogP contribution in [0.5, 0.6) is 0 Å². The van der Waals surface area contributed by atoms with Crippen LogP contribution in [0.25, 0.3) is 0 Å². The molecule has 0 aromatic carbocycles. The Morgan fingerprint density at radius 1 is 1.30 bits per heavy atom. The van der Waals surface area contributed by atoms with E-state index in [0.29, 0.717) is 30.2 Å². The van der Waals surface area contributed by atoms with Gasteiger partial charge in [-0.15, -0.1) is 16.5 Å². The first-order valence-corrected chi connectivity index (χ1v) is 12.7. The minimum atomic E-state index is -3.87. The molecule has 0 aliphatic heterocycles. The van der Waals surface area contributed by atoms with Gasteiger partial charge in [-0.05, 0) is 43.7 Å². The van der Waals surface area contributed by atoms with Gasteiger partial charge in [-0.2, -0.15) is 5.01 Å². The van der Waals surface area contributed by atoms with Crippen LogP contribution in [0, 0.1) is 4.91 Å². The van der Waals surface area contributed by atoms with Crippen LogP contribution in [0.1, 0.15) is 38.5 Å². The zero-order valence-corrected chi connectivity index (χ0v) is 17.9. The Hall–Kier alpha value is -0.420. The lowest BCUT2D eigenvalue weighted by atomic mass is 9.96. The number of amides is 2. The molecule has 1 aliphatic carbocycles. The maximum absolute atomic E-state index is 11.5. The molecule has 0 radical (unpaired) electrons. The Morgan fingerprint density at radius 3 is 2.48 bits per heavy atom. The van der Waals surface area contributed by atoms with E-state index in [-0.39, 0.29) is 18.5 Å². The molecule has 160 valence electrons. The zero-order valence-electron chi connectivity index (χ0n) is 15.4. The van der Waals surface area contributed by atoms with Crippen LogP contribution in [0.15, 0.2) is 5.29 Å². The van der Waals surface area contributed by atoms with Crippen molar-refractivity contribution < 1.29 is 19.1 Å². The monoisotopic (exact) mass is 447 g/mol. The van der Waals surface area contributed by atoms with Crippen molar-refractivity contribution >= 4 is 35.8 Å². The number of urea groups is 1. The molecule has 0 saturated heterocycles. The minimum Gasteiger partial charge on any atom is -0.334 e. The number of rotatable bonds is 11. The van der Waals surface area contributed by atoms with E-state index in [1.54, 1.807) is 0 Å². The summed E-state index contributed by atoms with van der Waals surface area (Å²) >= 11 is 6.11. The van der Waals surface area contributed by atoms with Crippen LogP contribution in [-0.2, 0) is 4.57 Å². The quantitative estimate of drug-likeness (QED) is 0.106. The molecule has 0 heterocycles. The second-order valence-electron chi connectivity index (χ2n) is 5.89. The second-order valence-corrected chi connectivity index (χ2v) is 10.1. The van der Waals surface area contributed by atoms with Crippen molar-refractivity contribution in [1.29, 1.82) is 0 Å². The number of nitrogens with zero attached hydrogens (tertiary/aromatic N) is 2. The zero-order chi connectivity index (χ0) is 20.5. The van der Waals surface area contributed by atoms with E-state index in [2.05, 4.69) is 15.9 Å². The van der Waals surface area contributed by atoms with Gasteiger partial charge >= 0.3 is 12.8 Å². The lowest BCUT2D eigenvalue weighted by molar-refractivity contribution is 0.194. The Balaban J connectivity index is 0.000000516. The summed E-state index contributed by atoms with van der Waals surface area (Å²) in [6.45, 7) is -1.66. The highest BCUT2D eigenvalue weighted by molar-refractivity contribution is 8.54. The third-order valence-electron chi connectivity index (χ3n) is 3.66. The number of nitrogens with two attached hydrogens (primary N) is 1. The van der Waals surface area contributed by atoms with Crippen LogP contribution in [0.4, 0.5) is 4.79 Å². The summed E-state index contributed by atoms with van der Waals surface area (Å²) in [6.07, 6.45) is 6.35. The van der Waals surface area contributed by atoms with Gasteiger partial charge in [0, 0.05) is 24.2 Å². The van der Waals surface area contributed by atoms with E-state index < -0.39 is 12.8 Å². The van der Waals surface area contributed by atoms with E-state index in [0.717, 1.165) is 43.7 Å². The van der Waals surface area contributed by atoms with Crippen molar-refractivity contribution in [3.05, 3.63) is 4.91 Å². The van der Waals surface area contributed by atoms with Crippen molar-refractivity contribution in [2.24, 2.45) is 11.0 Å². The summed E-state index contributed by atoms with van der Waals surface area (Å²) in [7, 11) is 0. The van der Waals surface area contributed by atoms with Crippen LogP contribution < -0.4 is 16.4 Å². The summed E-state index contributed by atoms with van der Waals surface area (Å²) in [5.41, 5.74) is 5.24. The minimum absolute atomic E-state index is 0.156. The lowest BCUT2D eigenvalue weighted by Crippen LogP contribution is -2.43. The Kier molecular flexibility index (Phi) is 16.3. The molecule has 2 amide bonds. The van der Waals surface area contributed by atoms with Crippen LogP contribution in [-0.4, -0.2) is 64.7 Å². The predicted octanol–water partition coefficient (Wildman–Crippen LogP) is 2.00. The fraction of sp³-hybridized carbons (Fsp3) is 0.929. The second kappa shape index (κ2) is 16.5. The number of nitroso groups, excluding NO2 is 1. The van der Waals surface area contributed by atoms with Gasteiger partial charge in [0.25, 0.3) is 0 Å². The van der Waals surface area contributed by atoms with Crippen molar-refractivity contribution in [1.82, 2.24) is 15.6 Å². The number of carbonyl (C=O) groups is 1. The van der Waals surface area contributed by atoms with Crippen molar-refractivity contribution in [3.63, 3.8) is 0 Å². The molecule has 13 heteroatoms. The highest BCUT2D eigenvalue weighted by Gasteiger charge is 2.19. The summed E-state index contributed by atoms with van der Waals surface area (Å²) in [5, 5.41) is 9.27. The average molecular weight is 448 g/mol. The van der Waals surface area contributed by atoms with Crippen LogP contribution in [0.2, 0.25) is 0 Å². The molecule has 27 heavy (non-hydrogen) atoms. The lowest BCUT2D eigenvalue weighted by Gasteiger charge is -2.24. The first-order chi connectivity index (χ1) is 12.8. The molecule has 10 nitrogen and oxygen atoms in total. The molecule has 0 bridgehead atoms. The first kappa shape index (κ1) is 26.6. The third-order valence-corrected chi connectivity index (χ3v) is 6.11. The molecule has 0 aromatic rings. The Bertz CT molecular complexity index is 454. The van der Waals surface area contributed by atoms with Crippen LogP contribution >= 0.6 is 29.8 Å². The predicted molar refractivity (Wildman–Crippen MR) is 110 cm³/mol. The molecule has 1 aliphatic rings. The largest absolute Gasteiger partial charge is 0.384 e. The average Bonchev–Trinajstić information content (AvgIpc) is 2.63. The number of alkyl halides is 1. The molecule has 0 atom stereocenters. The fourth-order valence-corrected chi connectivity index (χ4v) is 3.97. The molecular formula is C14H31ClN5O5PS. The first-order valence-electron chi connectivity index (χ1n) is 8.92. The Morgan fingerprint density at radius 2 is 1.96 bits per heavy atom. The molecule has 0 spiro atoms. The van der Waals surface area contributed by atoms with Crippen molar-refractivity contribution in [2.45, 2.75) is 44.6 Å². The number of nitrogens with one attached hydrogen (secondary N) is 2. The van der Waals surface area contributed by atoms with Gasteiger partial charge in [-0.3, -0.25) is 0 Å². The maximum Gasteiger partial charge on any atom is 0.384 e. The fourth-order valence-electron chi connectivity index (χ4n) is 2.34. The summed E-state index contributed by atoms with van der Waals surface area (Å²) in [4.78, 5) is 38.7. The summed E-state index contributed by atoms with van der Waals surface area (Å²) in [5.74, 6) is 0.638. The van der Waals surface area contributed by atoms with Gasteiger partial charge < -0.3 is 26.2 Å². The number of hydrogen-bond acceptors (Lipinski definition) is 7. The van der Waals surface area contributed by atoms with E-state index in [1.807, 2.05) is 0 Å².